The van der Waals surface area contributed by atoms with E-state index in [2.05, 4.69) is 27.7 Å². The third-order valence-electron chi connectivity index (χ3n) is 2.71. The number of hydrogen-bond acceptors (Lipinski definition) is 1. The lowest BCUT2D eigenvalue weighted by atomic mass is 9.75. The zero-order chi connectivity index (χ0) is 8.48. The van der Waals surface area contributed by atoms with E-state index >= 15 is 0 Å². The van der Waals surface area contributed by atoms with Crippen molar-refractivity contribution in [2.24, 2.45) is 11.3 Å². The number of hydrogen-bond donors (Lipinski definition) is 0. The predicted molar refractivity (Wildman–Crippen MR) is 47.6 cm³/mol. The molecule has 66 valence electrons. The monoisotopic (exact) mass is 156 g/mol. The molecule has 0 spiro atoms. The van der Waals surface area contributed by atoms with Crippen LogP contribution in [0.1, 0.15) is 40.5 Å². The SMILES string of the molecule is C[C@@H]1C[C@H](C(C)(C)C)CCO1. The van der Waals surface area contributed by atoms with Gasteiger partial charge in [0.05, 0.1) is 6.10 Å². The van der Waals surface area contributed by atoms with Gasteiger partial charge in [0, 0.05) is 6.61 Å². The molecule has 0 saturated carbocycles. The quantitative estimate of drug-likeness (QED) is 0.524. The van der Waals surface area contributed by atoms with Crippen molar-refractivity contribution in [3.05, 3.63) is 0 Å². The van der Waals surface area contributed by atoms with Crippen molar-refractivity contribution in [1.29, 1.82) is 0 Å². The summed E-state index contributed by atoms with van der Waals surface area (Å²) in [6, 6.07) is 0. The second-order valence-corrected chi connectivity index (χ2v) is 4.77. The molecule has 0 aliphatic carbocycles. The van der Waals surface area contributed by atoms with Gasteiger partial charge in [-0.1, -0.05) is 20.8 Å². The molecule has 1 nitrogen and oxygen atoms in total. The van der Waals surface area contributed by atoms with Gasteiger partial charge in [0.25, 0.3) is 0 Å². The molecule has 0 aromatic heterocycles. The molecule has 1 heterocycles. The van der Waals surface area contributed by atoms with Gasteiger partial charge in [-0.05, 0) is 31.1 Å². The summed E-state index contributed by atoms with van der Waals surface area (Å²) in [5.41, 5.74) is 0.470. The molecule has 1 heteroatoms. The lowest BCUT2D eigenvalue weighted by Crippen LogP contribution is -2.31. The van der Waals surface area contributed by atoms with Crippen LogP contribution >= 0.6 is 0 Å². The number of rotatable bonds is 0. The smallest absolute Gasteiger partial charge is 0.0549 e. The minimum Gasteiger partial charge on any atom is -0.378 e. The van der Waals surface area contributed by atoms with Crippen molar-refractivity contribution < 1.29 is 4.74 Å². The fourth-order valence-electron chi connectivity index (χ4n) is 1.78. The van der Waals surface area contributed by atoms with Gasteiger partial charge in [-0.25, -0.2) is 0 Å². The first kappa shape index (κ1) is 9.05. The minimum absolute atomic E-state index is 0.470. The third-order valence-corrected chi connectivity index (χ3v) is 2.71. The van der Waals surface area contributed by atoms with Crippen LogP contribution in [0.2, 0.25) is 0 Å². The first-order valence-corrected chi connectivity index (χ1v) is 4.62. The van der Waals surface area contributed by atoms with Crippen molar-refractivity contribution >= 4 is 0 Å². The van der Waals surface area contributed by atoms with E-state index in [9.17, 15) is 0 Å². The van der Waals surface area contributed by atoms with E-state index in [0.717, 1.165) is 12.5 Å². The summed E-state index contributed by atoms with van der Waals surface area (Å²) >= 11 is 0. The Hall–Kier alpha value is -0.0400. The highest BCUT2D eigenvalue weighted by Gasteiger charge is 2.29. The first-order chi connectivity index (χ1) is 5.00. The molecule has 1 saturated heterocycles. The van der Waals surface area contributed by atoms with Crippen LogP contribution in [-0.4, -0.2) is 12.7 Å². The van der Waals surface area contributed by atoms with Crippen molar-refractivity contribution in [3.8, 4) is 0 Å². The zero-order valence-electron chi connectivity index (χ0n) is 8.18. The summed E-state index contributed by atoms with van der Waals surface area (Å²) in [6.45, 7) is 10.1. The Morgan fingerprint density at radius 1 is 1.27 bits per heavy atom. The lowest BCUT2D eigenvalue weighted by molar-refractivity contribution is -0.0248. The fourth-order valence-corrected chi connectivity index (χ4v) is 1.78. The second-order valence-electron chi connectivity index (χ2n) is 4.77. The predicted octanol–water partition coefficient (Wildman–Crippen LogP) is 2.85. The Kier molecular flexibility index (Phi) is 2.58. The molecule has 2 atom stereocenters. The summed E-state index contributed by atoms with van der Waals surface area (Å²) in [5.74, 6) is 0.853. The molecule has 1 aliphatic heterocycles. The van der Waals surface area contributed by atoms with Crippen LogP contribution in [0, 0.1) is 11.3 Å². The Morgan fingerprint density at radius 3 is 2.27 bits per heavy atom. The minimum atomic E-state index is 0.470. The molecule has 1 rings (SSSR count). The summed E-state index contributed by atoms with van der Waals surface area (Å²) < 4.78 is 5.50. The van der Waals surface area contributed by atoms with Gasteiger partial charge in [0.15, 0.2) is 0 Å². The van der Waals surface area contributed by atoms with Crippen LogP contribution in [0.5, 0.6) is 0 Å². The van der Waals surface area contributed by atoms with Crippen LogP contribution in [-0.2, 0) is 4.74 Å². The summed E-state index contributed by atoms with van der Waals surface area (Å²) in [5, 5.41) is 0. The van der Waals surface area contributed by atoms with Gasteiger partial charge in [-0.3, -0.25) is 0 Å². The Labute approximate surface area is 70.1 Å². The van der Waals surface area contributed by atoms with Crippen molar-refractivity contribution in [1.82, 2.24) is 0 Å². The normalized spacial score (nSPS) is 33.8. The molecule has 11 heavy (non-hydrogen) atoms. The number of ether oxygens (including phenoxy) is 1. The molecule has 0 amide bonds. The molecule has 0 unspecified atom stereocenters. The Morgan fingerprint density at radius 2 is 1.91 bits per heavy atom. The molecule has 0 bridgehead atoms. The lowest BCUT2D eigenvalue weighted by Gasteiger charge is -2.36. The van der Waals surface area contributed by atoms with Crippen molar-refractivity contribution in [2.75, 3.05) is 6.61 Å². The van der Waals surface area contributed by atoms with E-state index in [1.165, 1.54) is 12.8 Å². The van der Waals surface area contributed by atoms with Crippen LogP contribution in [0.25, 0.3) is 0 Å². The van der Waals surface area contributed by atoms with Gasteiger partial charge >= 0.3 is 0 Å². The summed E-state index contributed by atoms with van der Waals surface area (Å²) in [6.07, 6.45) is 2.96. The fraction of sp³-hybridized carbons (Fsp3) is 1.00. The largest absolute Gasteiger partial charge is 0.378 e. The maximum atomic E-state index is 5.50. The molecule has 1 aliphatic rings. The molecular weight excluding hydrogens is 136 g/mol. The molecule has 0 N–H and O–H groups in total. The standard InChI is InChI=1S/C10H20O/c1-8-7-9(5-6-11-8)10(2,3)4/h8-9H,5-7H2,1-4H3/t8-,9-/m1/s1. The van der Waals surface area contributed by atoms with Crippen LogP contribution in [0.15, 0.2) is 0 Å². The Balaban J connectivity index is 2.46. The van der Waals surface area contributed by atoms with Crippen LogP contribution in [0.3, 0.4) is 0 Å². The maximum absolute atomic E-state index is 5.50. The molecule has 0 aromatic rings. The average Bonchev–Trinajstić information content (AvgIpc) is 1.86. The highest BCUT2D eigenvalue weighted by atomic mass is 16.5. The van der Waals surface area contributed by atoms with Gasteiger partial charge in [0.1, 0.15) is 0 Å². The van der Waals surface area contributed by atoms with E-state index in [4.69, 9.17) is 4.74 Å². The summed E-state index contributed by atoms with van der Waals surface area (Å²) in [4.78, 5) is 0. The van der Waals surface area contributed by atoms with E-state index in [0.29, 0.717) is 11.5 Å². The molecule has 1 fully saturated rings. The zero-order valence-corrected chi connectivity index (χ0v) is 8.18. The third kappa shape index (κ3) is 2.48. The highest BCUT2D eigenvalue weighted by Crippen LogP contribution is 2.35. The van der Waals surface area contributed by atoms with E-state index in [1.54, 1.807) is 0 Å². The van der Waals surface area contributed by atoms with E-state index in [-0.39, 0.29) is 0 Å². The maximum Gasteiger partial charge on any atom is 0.0549 e. The van der Waals surface area contributed by atoms with Crippen LogP contribution < -0.4 is 0 Å². The Bertz CT molecular complexity index is 123. The van der Waals surface area contributed by atoms with Gasteiger partial charge in [-0.2, -0.15) is 0 Å². The highest BCUT2D eigenvalue weighted by molar-refractivity contribution is 4.78. The molecule has 0 radical (unpaired) electrons. The van der Waals surface area contributed by atoms with Gasteiger partial charge in [-0.15, -0.1) is 0 Å². The first-order valence-electron chi connectivity index (χ1n) is 4.62. The second kappa shape index (κ2) is 3.14. The average molecular weight is 156 g/mol. The van der Waals surface area contributed by atoms with E-state index in [1.807, 2.05) is 0 Å². The van der Waals surface area contributed by atoms with Crippen molar-refractivity contribution in [3.63, 3.8) is 0 Å². The van der Waals surface area contributed by atoms with Crippen LogP contribution in [0.4, 0.5) is 0 Å². The van der Waals surface area contributed by atoms with Crippen molar-refractivity contribution in [2.45, 2.75) is 46.6 Å². The topological polar surface area (TPSA) is 9.23 Å². The van der Waals surface area contributed by atoms with E-state index < -0.39 is 0 Å². The molecular formula is C10H20O. The van der Waals surface area contributed by atoms with Gasteiger partial charge < -0.3 is 4.74 Å². The van der Waals surface area contributed by atoms with Gasteiger partial charge in [0.2, 0.25) is 0 Å². The molecule has 0 aromatic carbocycles. The summed E-state index contributed by atoms with van der Waals surface area (Å²) in [7, 11) is 0.